The molecule has 1 N–H and O–H groups in total. The van der Waals surface area contributed by atoms with E-state index in [-0.39, 0.29) is 0 Å². The van der Waals surface area contributed by atoms with Crippen molar-refractivity contribution in [3.05, 3.63) is 107 Å². The van der Waals surface area contributed by atoms with E-state index in [4.69, 9.17) is 9.94 Å². The highest BCUT2D eigenvalue weighted by atomic mass is 16.5. The maximum absolute atomic E-state index is 12.6. The van der Waals surface area contributed by atoms with Crippen molar-refractivity contribution in [3.8, 4) is 0 Å². The molecule has 3 aromatic carbocycles. The van der Waals surface area contributed by atoms with E-state index >= 15 is 0 Å². The maximum atomic E-state index is 12.6. The van der Waals surface area contributed by atoms with Gasteiger partial charge in [0.2, 0.25) is 0 Å². The molecule has 3 rings (SSSR count). The number of rotatable bonds is 5. The van der Waals surface area contributed by atoms with Gasteiger partial charge in [0.1, 0.15) is 0 Å². The number of benzene rings is 3. The summed E-state index contributed by atoms with van der Waals surface area (Å²) in [6, 6.07) is 25.9. The summed E-state index contributed by atoms with van der Waals surface area (Å²) < 4.78 is 5.79. The molecule has 3 aromatic rings. The summed E-state index contributed by atoms with van der Waals surface area (Å²) in [4.78, 5) is 12.6. The number of ether oxygens (including phenoxy) is 1. The van der Waals surface area contributed by atoms with E-state index in [1.165, 1.54) is 6.21 Å². The van der Waals surface area contributed by atoms with Crippen LogP contribution in [-0.4, -0.2) is 17.4 Å². The zero-order valence-electron chi connectivity index (χ0n) is 13.4. The molecule has 0 amide bonds. The fraction of sp³-hybridized carbons (Fsp3) is 0.0476. The number of nitrogens with zero attached hydrogens (tertiary/aromatic N) is 1. The van der Waals surface area contributed by atoms with Crippen molar-refractivity contribution >= 4 is 12.2 Å². The minimum Gasteiger partial charge on any atom is -0.449 e. The lowest BCUT2D eigenvalue weighted by Gasteiger charge is -2.19. The number of esters is 1. The Kier molecular flexibility index (Phi) is 5.22. The Bertz CT molecular complexity index is 804. The fourth-order valence-corrected chi connectivity index (χ4v) is 2.53. The molecule has 4 heteroatoms. The fourth-order valence-electron chi connectivity index (χ4n) is 2.53. The molecule has 0 unspecified atom stereocenters. The molecule has 0 spiro atoms. The van der Waals surface area contributed by atoms with Gasteiger partial charge in [-0.1, -0.05) is 78.0 Å². The monoisotopic (exact) mass is 331 g/mol. The minimum absolute atomic E-state index is 0.412. The molecular formula is C21H17NO3. The van der Waals surface area contributed by atoms with Crippen LogP contribution < -0.4 is 0 Å². The molecule has 124 valence electrons. The lowest BCUT2D eigenvalue weighted by Crippen LogP contribution is -2.13. The van der Waals surface area contributed by atoms with Crippen molar-refractivity contribution < 1.29 is 14.7 Å². The molecule has 0 aliphatic carbocycles. The summed E-state index contributed by atoms with van der Waals surface area (Å²) in [6.45, 7) is 0. The van der Waals surface area contributed by atoms with Gasteiger partial charge in [0, 0.05) is 0 Å². The van der Waals surface area contributed by atoms with Gasteiger partial charge in [-0.25, -0.2) is 4.79 Å². The Morgan fingerprint density at radius 3 is 1.84 bits per heavy atom. The summed E-state index contributed by atoms with van der Waals surface area (Å²) in [6.07, 6.45) is 0.819. The quantitative estimate of drug-likeness (QED) is 0.325. The van der Waals surface area contributed by atoms with Crippen molar-refractivity contribution in [1.82, 2.24) is 0 Å². The van der Waals surface area contributed by atoms with E-state index in [1.807, 2.05) is 60.7 Å². The normalized spacial score (nSPS) is 10.9. The molecular weight excluding hydrogens is 314 g/mol. The first kappa shape index (κ1) is 16.5. The number of carbonyl (C=O) groups is 1. The van der Waals surface area contributed by atoms with Crippen molar-refractivity contribution in [3.63, 3.8) is 0 Å². The van der Waals surface area contributed by atoms with E-state index in [0.717, 1.165) is 11.1 Å². The second-order valence-corrected chi connectivity index (χ2v) is 5.47. The molecule has 0 atom stereocenters. The van der Waals surface area contributed by atoms with E-state index < -0.39 is 12.1 Å². The molecule has 0 heterocycles. The SMILES string of the molecule is O=C(OC(c1ccccc1)c1ccccc1)c1ccc(/C=N/O)cc1. The largest absolute Gasteiger partial charge is 0.449 e. The van der Waals surface area contributed by atoms with Crippen LogP contribution in [0, 0.1) is 0 Å². The van der Waals surface area contributed by atoms with Crippen LogP contribution in [0.5, 0.6) is 0 Å². The highest BCUT2D eigenvalue weighted by molar-refractivity contribution is 5.91. The Labute approximate surface area is 146 Å². The maximum Gasteiger partial charge on any atom is 0.339 e. The van der Waals surface area contributed by atoms with E-state index in [1.54, 1.807) is 24.3 Å². The van der Waals surface area contributed by atoms with Crippen LogP contribution >= 0.6 is 0 Å². The Morgan fingerprint density at radius 1 is 0.840 bits per heavy atom. The molecule has 0 saturated heterocycles. The van der Waals surface area contributed by atoms with Crippen LogP contribution in [0.1, 0.15) is 33.2 Å². The second-order valence-electron chi connectivity index (χ2n) is 5.47. The summed E-state index contributed by atoms with van der Waals surface area (Å²) in [5.41, 5.74) is 2.95. The first-order valence-electron chi connectivity index (χ1n) is 7.86. The summed E-state index contributed by atoms with van der Waals surface area (Å²) in [5, 5.41) is 11.5. The highest BCUT2D eigenvalue weighted by Gasteiger charge is 2.19. The molecule has 0 aromatic heterocycles. The number of carbonyl (C=O) groups excluding carboxylic acids is 1. The smallest absolute Gasteiger partial charge is 0.339 e. The topological polar surface area (TPSA) is 58.9 Å². The zero-order chi connectivity index (χ0) is 17.5. The van der Waals surface area contributed by atoms with Crippen molar-refractivity contribution in [2.75, 3.05) is 0 Å². The lowest BCUT2D eigenvalue weighted by atomic mass is 10.0. The average molecular weight is 331 g/mol. The summed E-state index contributed by atoms with van der Waals surface area (Å²) >= 11 is 0. The molecule has 25 heavy (non-hydrogen) atoms. The number of hydrogen-bond donors (Lipinski definition) is 1. The second kappa shape index (κ2) is 7.93. The van der Waals surface area contributed by atoms with Crippen molar-refractivity contribution in [2.24, 2.45) is 5.16 Å². The predicted octanol–water partition coefficient (Wildman–Crippen LogP) is 4.44. The van der Waals surface area contributed by atoms with Gasteiger partial charge in [0.05, 0.1) is 11.8 Å². The van der Waals surface area contributed by atoms with Crippen LogP contribution in [-0.2, 0) is 4.74 Å². The van der Waals surface area contributed by atoms with Gasteiger partial charge in [-0.2, -0.15) is 0 Å². The summed E-state index contributed by atoms with van der Waals surface area (Å²) in [5.74, 6) is -0.412. The van der Waals surface area contributed by atoms with Gasteiger partial charge in [-0.05, 0) is 28.8 Å². The van der Waals surface area contributed by atoms with Crippen LogP contribution in [0.3, 0.4) is 0 Å². The van der Waals surface area contributed by atoms with E-state index in [2.05, 4.69) is 5.16 Å². The van der Waals surface area contributed by atoms with Gasteiger partial charge in [-0.3, -0.25) is 0 Å². The zero-order valence-corrected chi connectivity index (χ0v) is 13.4. The lowest BCUT2D eigenvalue weighted by molar-refractivity contribution is 0.0378. The summed E-state index contributed by atoms with van der Waals surface area (Å²) in [7, 11) is 0. The standard InChI is InChI=1S/C21H17NO3/c23-21(19-13-11-16(12-14-19)15-22-24)25-20(17-7-3-1-4-8-17)18-9-5-2-6-10-18/h1-15,20,24H/b22-15+. The van der Waals surface area contributed by atoms with Crippen molar-refractivity contribution in [2.45, 2.75) is 6.10 Å². The van der Waals surface area contributed by atoms with E-state index in [0.29, 0.717) is 11.1 Å². The molecule has 0 aliphatic rings. The minimum atomic E-state index is -0.478. The van der Waals surface area contributed by atoms with Crippen LogP contribution in [0.4, 0.5) is 0 Å². The molecule has 0 saturated carbocycles. The van der Waals surface area contributed by atoms with Gasteiger partial charge in [0.15, 0.2) is 6.10 Å². The van der Waals surface area contributed by atoms with Gasteiger partial charge >= 0.3 is 5.97 Å². The van der Waals surface area contributed by atoms with Crippen molar-refractivity contribution in [1.29, 1.82) is 0 Å². The average Bonchev–Trinajstić information content (AvgIpc) is 2.68. The van der Waals surface area contributed by atoms with Crippen LogP contribution in [0.2, 0.25) is 0 Å². The van der Waals surface area contributed by atoms with Crippen LogP contribution in [0.25, 0.3) is 0 Å². The third kappa shape index (κ3) is 4.12. The predicted molar refractivity (Wildman–Crippen MR) is 96.0 cm³/mol. The molecule has 4 nitrogen and oxygen atoms in total. The third-order valence-corrected chi connectivity index (χ3v) is 3.78. The number of hydrogen-bond acceptors (Lipinski definition) is 4. The van der Waals surface area contributed by atoms with Gasteiger partial charge in [0.25, 0.3) is 0 Å². The Balaban J connectivity index is 1.86. The molecule has 0 aliphatic heterocycles. The third-order valence-electron chi connectivity index (χ3n) is 3.78. The first-order chi connectivity index (χ1) is 12.3. The number of oxime groups is 1. The van der Waals surface area contributed by atoms with Gasteiger partial charge < -0.3 is 9.94 Å². The Hall–Kier alpha value is -3.40. The highest BCUT2D eigenvalue weighted by Crippen LogP contribution is 2.27. The van der Waals surface area contributed by atoms with Gasteiger partial charge in [-0.15, -0.1) is 0 Å². The first-order valence-corrected chi connectivity index (χ1v) is 7.86. The molecule has 0 radical (unpaired) electrons. The molecule has 0 bridgehead atoms. The van der Waals surface area contributed by atoms with Crippen LogP contribution in [0.15, 0.2) is 90.1 Å². The Morgan fingerprint density at radius 2 is 1.36 bits per heavy atom. The molecule has 0 fully saturated rings. The van der Waals surface area contributed by atoms with E-state index in [9.17, 15) is 4.79 Å².